The molecule has 2 heterocycles. The Bertz CT molecular complexity index is 1180. The molecule has 1 saturated heterocycles. The number of piperidine rings is 1. The van der Waals surface area contributed by atoms with E-state index in [1.807, 2.05) is 25.1 Å². The van der Waals surface area contributed by atoms with Crippen LogP contribution in [0.2, 0.25) is 0 Å². The number of carbonyl (C=O) groups excluding carboxylic acids is 4. The lowest BCUT2D eigenvalue weighted by atomic mass is 9.98. The number of aryl methyl sites for hydroxylation is 1. The first kappa shape index (κ1) is 26.2. The Kier molecular flexibility index (Phi) is 8.43. The minimum atomic E-state index is -0.378. The van der Waals surface area contributed by atoms with Gasteiger partial charge < -0.3 is 19.1 Å². The van der Waals surface area contributed by atoms with E-state index in [4.69, 9.17) is 14.2 Å². The highest BCUT2D eigenvalue weighted by molar-refractivity contribution is 6.04. The van der Waals surface area contributed by atoms with Crippen molar-refractivity contribution in [2.24, 2.45) is 5.92 Å². The molecule has 2 aliphatic heterocycles. The molecule has 0 aliphatic carbocycles. The Balaban J connectivity index is 1.45. The van der Waals surface area contributed by atoms with Gasteiger partial charge in [-0.2, -0.15) is 0 Å². The van der Waals surface area contributed by atoms with Crippen LogP contribution >= 0.6 is 0 Å². The number of ether oxygens (including phenoxy) is 3. The van der Waals surface area contributed by atoms with Crippen LogP contribution in [0.25, 0.3) is 0 Å². The van der Waals surface area contributed by atoms with Crippen molar-refractivity contribution in [3.63, 3.8) is 0 Å². The third kappa shape index (κ3) is 6.28. The maximum atomic E-state index is 13.1. The van der Waals surface area contributed by atoms with E-state index >= 15 is 0 Å². The Labute approximate surface area is 216 Å². The van der Waals surface area contributed by atoms with Crippen molar-refractivity contribution in [1.82, 2.24) is 4.90 Å². The number of benzene rings is 2. The molecule has 2 aliphatic rings. The van der Waals surface area contributed by atoms with E-state index in [2.05, 4.69) is 0 Å². The van der Waals surface area contributed by atoms with Crippen molar-refractivity contribution in [3.05, 3.63) is 53.6 Å². The number of rotatable bonds is 9. The number of esters is 1. The zero-order valence-electron chi connectivity index (χ0n) is 21.2. The van der Waals surface area contributed by atoms with Crippen molar-refractivity contribution >= 4 is 29.3 Å². The highest BCUT2D eigenvalue weighted by Crippen LogP contribution is 2.33. The predicted octanol–water partition coefficient (Wildman–Crippen LogP) is 3.04. The summed E-state index contributed by atoms with van der Waals surface area (Å²) >= 11 is 0. The Hall–Kier alpha value is -3.88. The molecule has 2 amide bonds. The van der Waals surface area contributed by atoms with Crippen LogP contribution in [0.15, 0.2) is 42.5 Å². The normalized spacial score (nSPS) is 17.0. The second-order valence-corrected chi connectivity index (χ2v) is 9.09. The maximum Gasteiger partial charge on any atom is 0.310 e. The molecule has 0 aromatic heterocycles. The summed E-state index contributed by atoms with van der Waals surface area (Å²) < 4.78 is 16.3. The second-order valence-electron chi connectivity index (χ2n) is 9.09. The van der Waals surface area contributed by atoms with E-state index in [1.54, 1.807) is 36.1 Å². The van der Waals surface area contributed by atoms with Gasteiger partial charge in [0.15, 0.2) is 19.0 Å². The molecule has 0 N–H and O–H groups in total. The summed E-state index contributed by atoms with van der Waals surface area (Å²) in [6, 6.07) is 12.4. The van der Waals surface area contributed by atoms with Gasteiger partial charge in [-0.15, -0.1) is 0 Å². The number of fused-ring (bicyclic) bond motifs is 1. The number of likely N-dealkylation sites (tertiary alicyclic amines) is 1. The molecule has 9 heteroatoms. The number of Topliss-reactive ketones (excluding diaryl/α,β-unsaturated/α-hetero) is 1. The fraction of sp³-hybridized carbons (Fsp3) is 0.429. The summed E-state index contributed by atoms with van der Waals surface area (Å²) in [7, 11) is 0. The van der Waals surface area contributed by atoms with Crippen LogP contribution in [0, 0.1) is 5.92 Å². The standard InChI is InChI=1S/C28H32N2O7/c1-3-19-7-5-9-22(13-19)36-17-24(31)20-10-11-25-23(14-20)30(27(33)18-37-25)16-26(32)29-12-6-8-21(15-29)28(34)35-4-2/h5,7,9-11,13-14,21H,3-4,6,8,12,15-18H2,1-2H3/t21-/m1/s1. The second kappa shape index (κ2) is 11.9. The zero-order valence-corrected chi connectivity index (χ0v) is 21.2. The summed E-state index contributed by atoms with van der Waals surface area (Å²) in [5, 5.41) is 0. The van der Waals surface area contributed by atoms with E-state index in [0.717, 1.165) is 12.0 Å². The Morgan fingerprint density at radius 2 is 1.95 bits per heavy atom. The Morgan fingerprint density at radius 1 is 1.11 bits per heavy atom. The van der Waals surface area contributed by atoms with Gasteiger partial charge in [0.2, 0.25) is 5.91 Å². The van der Waals surface area contributed by atoms with Gasteiger partial charge in [0.05, 0.1) is 18.2 Å². The van der Waals surface area contributed by atoms with Gasteiger partial charge in [-0.05, 0) is 62.1 Å². The predicted molar refractivity (Wildman–Crippen MR) is 136 cm³/mol. The third-order valence-corrected chi connectivity index (χ3v) is 6.59. The number of hydrogen-bond acceptors (Lipinski definition) is 7. The molecule has 9 nitrogen and oxygen atoms in total. The SMILES string of the molecule is CCOC(=O)[C@@H]1CCCN(C(=O)CN2C(=O)COc3ccc(C(=O)COc4cccc(CC)c4)cc32)C1. The molecule has 196 valence electrons. The van der Waals surface area contributed by atoms with E-state index in [1.165, 1.54) is 4.90 Å². The maximum absolute atomic E-state index is 13.1. The van der Waals surface area contributed by atoms with Gasteiger partial charge >= 0.3 is 5.97 Å². The van der Waals surface area contributed by atoms with Crippen LogP contribution in [-0.4, -0.2) is 67.9 Å². The lowest BCUT2D eigenvalue weighted by Crippen LogP contribution is -2.49. The number of carbonyl (C=O) groups is 4. The molecule has 2 aromatic rings. The molecule has 0 saturated carbocycles. The fourth-order valence-corrected chi connectivity index (χ4v) is 4.53. The number of nitrogens with zero attached hydrogens (tertiary/aromatic N) is 2. The molecule has 0 radical (unpaired) electrons. The van der Waals surface area contributed by atoms with Gasteiger partial charge in [-0.25, -0.2) is 0 Å². The Morgan fingerprint density at radius 3 is 2.73 bits per heavy atom. The van der Waals surface area contributed by atoms with Crippen molar-refractivity contribution in [1.29, 1.82) is 0 Å². The molecule has 1 fully saturated rings. The summed E-state index contributed by atoms with van der Waals surface area (Å²) in [6.45, 7) is 4.29. The summed E-state index contributed by atoms with van der Waals surface area (Å²) in [5.74, 6) is -0.555. The van der Waals surface area contributed by atoms with Crippen molar-refractivity contribution in [2.45, 2.75) is 33.1 Å². The first-order chi connectivity index (χ1) is 17.9. The molecule has 0 unspecified atom stereocenters. The third-order valence-electron chi connectivity index (χ3n) is 6.59. The average molecular weight is 509 g/mol. The average Bonchev–Trinajstić information content (AvgIpc) is 2.93. The smallest absolute Gasteiger partial charge is 0.310 e. The van der Waals surface area contributed by atoms with Crippen LogP contribution < -0.4 is 14.4 Å². The van der Waals surface area contributed by atoms with Crippen LogP contribution in [0.3, 0.4) is 0 Å². The van der Waals surface area contributed by atoms with Gasteiger partial charge in [0.1, 0.15) is 18.0 Å². The lowest BCUT2D eigenvalue weighted by Gasteiger charge is -2.34. The monoisotopic (exact) mass is 508 g/mol. The zero-order chi connectivity index (χ0) is 26.4. The number of hydrogen-bond donors (Lipinski definition) is 0. The molecule has 1 atom stereocenters. The quantitative estimate of drug-likeness (QED) is 0.379. The largest absolute Gasteiger partial charge is 0.485 e. The summed E-state index contributed by atoms with van der Waals surface area (Å²) in [4.78, 5) is 53.9. The molecule has 4 rings (SSSR count). The molecule has 0 spiro atoms. The number of ketones is 1. The molecule has 0 bridgehead atoms. The minimum absolute atomic E-state index is 0.164. The fourth-order valence-electron chi connectivity index (χ4n) is 4.53. The van der Waals surface area contributed by atoms with E-state index in [-0.39, 0.29) is 55.8 Å². The topological polar surface area (TPSA) is 102 Å². The van der Waals surface area contributed by atoms with Gasteiger partial charge in [-0.3, -0.25) is 24.1 Å². The van der Waals surface area contributed by atoms with Crippen LogP contribution in [0.4, 0.5) is 5.69 Å². The van der Waals surface area contributed by atoms with Crippen LogP contribution in [-0.2, 0) is 25.5 Å². The van der Waals surface area contributed by atoms with Crippen molar-refractivity contribution in [2.75, 3.05) is 44.4 Å². The number of anilines is 1. The highest BCUT2D eigenvalue weighted by Gasteiger charge is 2.33. The van der Waals surface area contributed by atoms with Crippen molar-refractivity contribution in [3.8, 4) is 11.5 Å². The number of amides is 2. The first-order valence-electron chi connectivity index (χ1n) is 12.7. The summed E-state index contributed by atoms with van der Waals surface area (Å²) in [5.41, 5.74) is 1.82. The van der Waals surface area contributed by atoms with E-state index in [9.17, 15) is 19.2 Å². The molecular formula is C28H32N2O7. The molecule has 37 heavy (non-hydrogen) atoms. The molecule has 2 aromatic carbocycles. The van der Waals surface area contributed by atoms with E-state index in [0.29, 0.717) is 48.7 Å². The van der Waals surface area contributed by atoms with Gasteiger partial charge in [-0.1, -0.05) is 19.1 Å². The summed E-state index contributed by atoms with van der Waals surface area (Å²) in [6.07, 6.45) is 2.21. The van der Waals surface area contributed by atoms with E-state index < -0.39 is 0 Å². The molecular weight excluding hydrogens is 476 g/mol. The van der Waals surface area contributed by atoms with Gasteiger partial charge in [0.25, 0.3) is 5.91 Å². The van der Waals surface area contributed by atoms with Crippen LogP contribution in [0.5, 0.6) is 11.5 Å². The minimum Gasteiger partial charge on any atom is -0.485 e. The van der Waals surface area contributed by atoms with Crippen molar-refractivity contribution < 1.29 is 33.4 Å². The van der Waals surface area contributed by atoms with Gasteiger partial charge in [0, 0.05) is 18.7 Å². The first-order valence-corrected chi connectivity index (χ1v) is 12.7. The highest BCUT2D eigenvalue weighted by atomic mass is 16.5. The van der Waals surface area contributed by atoms with Crippen LogP contribution in [0.1, 0.15) is 42.6 Å². The lowest BCUT2D eigenvalue weighted by molar-refractivity contribution is -0.151.